The first-order valence-electron chi connectivity index (χ1n) is 17.6. The van der Waals surface area contributed by atoms with Crippen LogP contribution in [-0.2, 0) is 11.2 Å². The number of aliphatic imine (C=N–C) groups is 1. The number of aryl methyl sites for hydroxylation is 2. The SMILES string of the molecule is CCc1c(F)ccc2cc(C)c(C=NC)c(-c3nccc4c3sc3nc(OC[C@@]56CCCN5C/C(=C\F)C6)nc(N5CCCOCC5)c34)c12.CO. The Morgan fingerprint density at radius 3 is 2.78 bits per heavy atom. The molecule has 0 unspecified atom stereocenters. The van der Waals surface area contributed by atoms with Crippen LogP contribution in [0.3, 0.4) is 0 Å². The summed E-state index contributed by atoms with van der Waals surface area (Å²) in [6.45, 7) is 8.83. The fourth-order valence-corrected chi connectivity index (χ4v) is 9.38. The van der Waals surface area contributed by atoms with Crippen molar-refractivity contribution in [2.24, 2.45) is 4.99 Å². The zero-order valence-electron chi connectivity index (χ0n) is 29.6. The maximum atomic E-state index is 15.4. The molecular formula is C39H44F2N6O3S. The molecule has 0 radical (unpaired) electrons. The highest BCUT2D eigenvalue weighted by molar-refractivity contribution is 7.26. The molecule has 0 spiro atoms. The van der Waals surface area contributed by atoms with E-state index in [1.54, 1.807) is 24.5 Å². The molecule has 2 aromatic carbocycles. The Morgan fingerprint density at radius 2 is 1.98 bits per heavy atom. The Bertz CT molecular complexity index is 2150. The predicted octanol–water partition coefficient (Wildman–Crippen LogP) is 7.42. The fourth-order valence-electron chi connectivity index (χ4n) is 8.23. The van der Waals surface area contributed by atoms with Crippen LogP contribution < -0.4 is 9.64 Å². The van der Waals surface area contributed by atoms with Crippen molar-refractivity contribution >= 4 is 54.4 Å². The third-order valence-electron chi connectivity index (χ3n) is 10.5. The van der Waals surface area contributed by atoms with Crippen molar-refractivity contribution in [2.45, 2.75) is 51.5 Å². The van der Waals surface area contributed by atoms with Gasteiger partial charge in [-0.2, -0.15) is 9.97 Å². The quantitative estimate of drug-likeness (QED) is 0.174. The minimum atomic E-state index is -0.236. The van der Waals surface area contributed by atoms with E-state index in [1.807, 2.05) is 31.5 Å². The number of thiophene rings is 1. The van der Waals surface area contributed by atoms with Gasteiger partial charge in [-0.3, -0.25) is 14.9 Å². The average molecular weight is 715 g/mol. The second-order valence-corrected chi connectivity index (χ2v) is 14.4. The van der Waals surface area contributed by atoms with Gasteiger partial charge in [-0.05, 0) is 85.2 Å². The molecule has 1 N–H and O–H groups in total. The molecule has 0 saturated carbocycles. The third-order valence-corrected chi connectivity index (χ3v) is 11.6. The first-order valence-corrected chi connectivity index (χ1v) is 18.5. The molecule has 0 bridgehead atoms. The van der Waals surface area contributed by atoms with Crippen LogP contribution in [0, 0.1) is 12.7 Å². The highest BCUT2D eigenvalue weighted by atomic mass is 32.1. The molecule has 1 atom stereocenters. The van der Waals surface area contributed by atoms with Crippen molar-refractivity contribution in [1.82, 2.24) is 19.9 Å². The number of hydrogen-bond donors (Lipinski definition) is 1. The molecule has 6 heterocycles. The highest BCUT2D eigenvalue weighted by Gasteiger charge is 2.47. The van der Waals surface area contributed by atoms with E-state index in [2.05, 4.69) is 27.8 Å². The second kappa shape index (κ2) is 14.9. The van der Waals surface area contributed by atoms with Crippen LogP contribution in [0.25, 0.3) is 42.3 Å². The molecule has 3 aliphatic heterocycles. The lowest BCUT2D eigenvalue weighted by atomic mass is 9.89. The van der Waals surface area contributed by atoms with Crippen molar-refractivity contribution in [2.75, 3.05) is 65.1 Å². The van der Waals surface area contributed by atoms with Crippen LogP contribution >= 0.6 is 11.3 Å². The number of aliphatic hydroxyl groups excluding tert-OH is 1. The lowest BCUT2D eigenvalue weighted by Crippen LogP contribution is -2.43. The van der Waals surface area contributed by atoms with Crippen LogP contribution in [0.4, 0.5) is 14.6 Å². The molecule has 3 aliphatic rings. The zero-order valence-corrected chi connectivity index (χ0v) is 30.5. The lowest BCUT2D eigenvalue weighted by Gasteiger charge is -2.31. The van der Waals surface area contributed by atoms with Gasteiger partial charge in [0.25, 0.3) is 0 Å². The van der Waals surface area contributed by atoms with Gasteiger partial charge in [-0.15, -0.1) is 11.3 Å². The number of aliphatic hydroxyl groups is 1. The van der Waals surface area contributed by atoms with E-state index < -0.39 is 0 Å². The minimum Gasteiger partial charge on any atom is -0.461 e. The standard InChI is InChI=1S/C38H40F2N6O2S.CH4O/c1-4-26-29(40)8-7-25-17-23(2)28(20-41-3)31(30(25)26)33-34-27(9-11-42-33)32-35(45-12-6-15-47-16-14-45)43-37(44-36(32)49-34)48-22-38-10-5-13-46(38)21-24(18-38)19-39;1-2/h7-9,11,17,19-20H,4-6,10,12-16,18,21-22H2,1-3H3;2H,1H3/b24-19-,41-20?;/t38-;/m0./s1. The molecule has 268 valence electrons. The van der Waals surface area contributed by atoms with Crippen LogP contribution in [0.2, 0.25) is 0 Å². The van der Waals surface area contributed by atoms with E-state index in [-0.39, 0.29) is 11.4 Å². The predicted molar refractivity (Wildman–Crippen MR) is 202 cm³/mol. The van der Waals surface area contributed by atoms with Crippen molar-refractivity contribution in [3.05, 3.63) is 64.9 Å². The molecule has 3 saturated heterocycles. The minimum absolute atomic E-state index is 0.224. The number of anilines is 1. The molecule has 51 heavy (non-hydrogen) atoms. The summed E-state index contributed by atoms with van der Waals surface area (Å²) in [7, 11) is 2.76. The molecule has 0 aliphatic carbocycles. The number of aromatic nitrogens is 3. The van der Waals surface area contributed by atoms with Crippen molar-refractivity contribution < 1.29 is 23.4 Å². The molecule has 8 rings (SSSR count). The van der Waals surface area contributed by atoms with Gasteiger partial charge < -0.3 is 19.5 Å². The van der Waals surface area contributed by atoms with E-state index in [1.165, 1.54) is 0 Å². The van der Waals surface area contributed by atoms with Gasteiger partial charge >= 0.3 is 6.01 Å². The smallest absolute Gasteiger partial charge is 0.319 e. The summed E-state index contributed by atoms with van der Waals surface area (Å²) in [5, 5.41) is 10.8. The van der Waals surface area contributed by atoms with Crippen molar-refractivity contribution in [3.8, 4) is 17.3 Å². The number of fused-ring (bicyclic) bond motifs is 5. The first kappa shape index (κ1) is 35.3. The van der Waals surface area contributed by atoms with Crippen molar-refractivity contribution in [1.29, 1.82) is 0 Å². The van der Waals surface area contributed by atoms with Crippen LogP contribution in [0.15, 0.2) is 47.4 Å². The number of pyridine rings is 1. The Hall–Kier alpha value is -4.10. The van der Waals surface area contributed by atoms with Crippen LogP contribution in [-0.4, -0.2) is 96.9 Å². The van der Waals surface area contributed by atoms with Crippen LogP contribution in [0.5, 0.6) is 6.01 Å². The average Bonchev–Trinajstić information content (AvgIpc) is 3.75. The van der Waals surface area contributed by atoms with Gasteiger partial charge in [0.1, 0.15) is 23.1 Å². The zero-order chi connectivity index (χ0) is 35.7. The number of ether oxygens (including phenoxy) is 2. The first-order chi connectivity index (χ1) is 24.9. The Kier molecular flexibility index (Phi) is 10.3. The molecular weight excluding hydrogens is 671 g/mol. The summed E-state index contributed by atoms with van der Waals surface area (Å²) in [5.74, 6) is 0.591. The highest BCUT2D eigenvalue weighted by Crippen LogP contribution is 2.46. The maximum Gasteiger partial charge on any atom is 0.319 e. The Morgan fingerprint density at radius 1 is 1.12 bits per heavy atom. The fraction of sp³-hybridized carbons (Fsp3) is 0.436. The van der Waals surface area contributed by atoms with E-state index in [4.69, 9.17) is 29.5 Å². The normalized spacial score (nSPS) is 20.5. The third kappa shape index (κ3) is 6.26. The van der Waals surface area contributed by atoms with E-state index in [9.17, 15) is 4.39 Å². The van der Waals surface area contributed by atoms with Gasteiger partial charge in [-0.25, -0.2) is 8.78 Å². The number of rotatable bonds is 7. The van der Waals surface area contributed by atoms with Crippen LogP contribution in [0.1, 0.15) is 49.3 Å². The Balaban J connectivity index is 0.00000200. The van der Waals surface area contributed by atoms with Gasteiger partial charge in [0.15, 0.2) is 0 Å². The summed E-state index contributed by atoms with van der Waals surface area (Å²) in [5.41, 5.74) is 4.86. The molecule has 9 nitrogen and oxygen atoms in total. The number of halogens is 2. The molecule has 3 aromatic heterocycles. The summed E-state index contributed by atoms with van der Waals surface area (Å²) in [6.07, 6.45) is 8.55. The maximum absolute atomic E-state index is 15.4. The van der Waals surface area contributed by atoms with Gasteiger partial charge in [0.2, 0.25) is 0 Å². The Labute approximate surface area is 300 Å². The topological polar surface area (TPSA) is 96.2 Å². The van der Waals surface area contributed by atoms with Crippen molar-refractivity contribution in [3.63, 3.8) is 0 Å². The largest absolute Gasteiger partial charge is 0.461 e. The lowest BCUT2D eigenvalue weighted by molar-refractivity contribution is 0.108. The summed E-state index contributed by atoms with van der Waals surface area (Å²) in [4.78, 5) is 25.0. The number of benzene rings is 2. The summed E-state index contributed by atoms with van der Waals surface area (Å²) < 4.78 is 42.3. The van der Waals surface area contributed by atoms with E-state index in [0.29, 0.717) is 57.3 Å². The molecule has 3 fully saturated rings. The van der Waals surface area contributed by atoms with Gasteiger partial charge in [0.05, 0.1) is 34.3 Å². The van der Waals surface area contributed by atoms with E-state index >= 15 is 4.39 Å². The summed E-state index contributed by atoms with van der Waals surface area (Å²) in [6, 6.07) is 7.88. The molecule has 0 amide bonds. The van der Waals surface area contributed by atoms with E-state index in [0.717, 1.165) is 111 Å². The monoisotopic (exact) mass is 714 g/mol. The number of hydrogen-bond acceptors (Lipinski definition) is 10. The number of nitrogens with zero attached hydrogens (tertiary/aromatic N) is 6. The molecule has 5 aromatic rings. The summed E-state index contributed by atoms with van der Waals surface area (Å²) >= 11 is 1.56. The van der Waals surface area contributed by atoms with Gasteiger partial charge in [-0.1, -0.05) is 19.1 Å². The van der Waals surface area contributed by atoms with Gasteiger partial charge in [0, 0.05) is 69.3 Å². The second-order valence-electron chi connectivity index (χ2n) is 13.4. The molecule has 12 heteroatoms.